The van der Waals surface area contributed by atoms with E-state index in [0.29, 0.717) is 19.5 Å². The zero-order valence-electron chi connectivity index (χ0n) is 15.8. The molecule has 1 aliphatic rings. The van der Waals surface area contributed by atoms with Crippen LogP contribution in [0.5, 0.6) is 0 Å². The summed E-state index contributed by atoms with van der Waals surface area (Å²) in [6.45, 7) is 7.40. The lowest BCUT2D eigenvalue weighted by Gasteiger charge is -2.30. The molecular formula is C22H26N2O2. The van der Waals surface area contributed by atoms with E-state index in [1.165, 1.54) is 11.1 Å². The van der Waals surface area contributed by atoms with E-state index in [9.17, 15) is 9.59 Å². The topological polar surface area (TPSA) is 40.6 Å². The molecule has 3 rings (SSSR count). The molecule has 0 saturated carbocycles. The lowest BCUT2D eigenvalue weighted by atomic mass is 10.00. The molecule has 0 atom stereocenters. The summed E-state index contributed by atoms with van der Waals surface area (Å²) in [7, 11) is 0. The first kappa shape index (κ1) is 18.2. The number of anilines is 1. The van der Waals surface area contributed by atoms with E-state index in [1.54, 1.807) is 11.8 Å². The van der Waals surface area contributed by atoms with Crippen LogP contribution in [0.4, 0.5) is 5.69 Å². The molecule has 1 heterocycles. The third-order valence-electron chi connectivity index (χ3n) is 5.12. The minimum absolute atomic E-state index is 0.0285. The maximum absolute atomic E-state index is 12.7. The van der Waals surface area contributed by atoms with Gasteiger partial charge in [-0.15, -0.1) is 0 Å². The summed E-state index contributed by atoms with van der Waals surface area (Å²) in [4.78, 5) is 28.6. The van der Waals surface area contributed by atoms with Gasteiger partial charge in [0.05, 0.1) is 0 Å². The Hall–Kier alpha value is -2.62. The van der Waals surface area contributed by atoms with E-state index in [0.717, 1.165) is 29.8 Å². The number of carbonyl (C=O) groups is 2. The Labute approximate surface area is 155 Å². The number of amides is 2. The summed E-state index contributed by atoms with van der Waals surface area (Å²) < 4.78 is 0. The molecule has 1 aliphatic heterocycles. The molecular weight excluding hydrogens is 324 g/mol. The third kappa shape index (κ3) is 3.79. The van der Waals surface area contributed by atoms with Gasteiger partial charge in [-0.3, -0.25) is 9.59 Å². The minimum atomic E-state index is -0.0285. The molecule has 26 heavy (non-hydrogen) atoms. The number of hydrogen-bond acceptors (Lipinski definition) is 2. The van der Waals surface area contributed by atoms with Gasteiger partial charge in [-0.2, -0.15) is 0 Å². The van der Waals surface area contributed by atoms with Gasteiger partial charge < -0.3 is 9.80 Å². The second-order valence-electron chi connectivity index (χ2n) is 7.00. The Kier molecular flexibility index (Phi) is 5.40. The van der Waals surface area contributed by atoms with Gasteiger partial charge in [-0.25, -0.2) is 0 Å². The van der Waals surface area contributed by atoms with Crippen molar-refractivity contribution in [2.24, 2.45) is 0 Å². The van der Waals surface area contributed by atoms with Crippen molar-refractivity contribution >= 4 is 17.5 Å². The summed E-state index contributed by atoms with van der Waals surface area (Å²) in [5, 5.41) is 0. The van der Waals surface area contributed by atoms with E-state index in [2.05, 4.69) is 12.1 Å². The average molecular weight is 350 g/mol. The Morgan fingerprint density at radius 1 is 1.00 bits per heavy atom. The van der Waals surface area contributed by atoms with Crippen molar-refractivity contribution in [1.29, 1.82) is 0 Å². The number of benzene rings is 2. The predicted molar refractivity (Wildman–Crippen MR) is 104 cm³/mol. The first-order chi connectivity index (χ1) is 12.5. The van der Waals surface area contributed by atoms with Gasteiger partial charge in [0.15, 0.2) is 0 Å². The molecule has 2 aromatic rings. The normalized spacial score (nSPS) is 13.3. The fourth-order valence-electron chi connectivity index (χ4n) is 3.73. The van der Waals surface area contributed by atoms with Crippen LogP contribution in [0.2, 0.25) is 0 Å². The summed E-state index contributed by atoms with van der Waals surface area (Å²) in [6, 6.07) is 14.3. The first-order valence-electron chi connectivity index (χ1n) is 9.16. The van der Waals surface area contributed by atoms with Crippen molar-refractivity contribution in [3.63, 3.8) is 0 Å². The number of carbonyl (C=O) groups excluding carboxylic acids is 2. The zero-order chi connectivity index (χ0) is 18.7. The molecule has 0 spiro atoms. The molecule has 2 amide bonds. The van der Waals surface area contributed by atoms with Crippen LogP contribution in [0.25, 0.3) is 0 Å². The summed E-state index contributed by atoms with van der Waals surface area (Å²) in [6.07, 6.45) is 1.24. The maximum Gasteiger partial charge on any atom is 0.224 e. The highest BCUT2D eigenvalue weighted by atomic mass is 16.2. The van der Waals surface area contributed by atoms with Gasteiger partial charge in [0.1, 0.15) is 0 Å². The molecule has 0 fully saturated rings. The highest BCUT2D eigenvalue weighted by Gasteiger charge is 2.22. The fraction of sp³-hybridized carbons (Fsp3) is 0.364. The zero-order valence-corrected chi connectivity index (χ0v) is 15.8. The molecule has 0 saturated heterocycles. The molecule has 0 radical (unpaired) electrons. The molecule has 0 unspecified atom stereocenters. The second-order valence-corrected chi connectivity index (χ2v) is 7.00. The number of nitrogens with zero attached hydrogens (tertiary/aromatic N) is 2. The lowest BCUT2D eigenvalue weighted by Crippen LogP contribution is -2.39. The SMILES string of the molecule is CC(=O)N(CCC(=O)N1CCc2ccccc2C1)c1c(C)cccc1C. The highest BCUT2D eigenvalue weighted by molar-refractivity contribution is 5.94. The van der Waals surface area contributed by atoms with Crippen molar-refractivity contribution in [3.8, 4) is 0 Å². The lowest BCUT2D eigenvalue weighted by molar-refractivity contribution is -0.131. The standard InChI is InChI=1S/C22H26N2O2/c1-16-7-6-8-17(2)22(16)24(18(3)25)14-12-21(26)23-13-11-19-9-4-5-10-20(19)15-23/h4-10H,11-15H2,1-3H3. The smallest absolute Gasteiger partial charge is 0.224 e. The molecule has 0 bridgehead atoms. The van der Waals surface area contributed by atoms with Crippen LogP contribution >= 0.6 is 0 Å². The van der Waals surface area contributed by atoms with Crippen LogP contribution in [0, 0.1) is 13.8 Å². The van der Waals surface area contributed by atoms with Crippen LogP contribution in [0.1, 0.15) is 35.6 Å². The molecule has 2 aromatic carbocycles. The van der Waals surface area contributed by atoms with Gasteiger partial charge in [0.25, 0.3) is 0 Å². The maximum atomic E-state index is 12.7. The molecule has 4 nitrogen and oxygen atoms in total. The van der Waals surface area contributed by atoms with Gasteiger partial charge in [-0.1, -0.05) is 42.5 Å². The van der Waals surface area contributed by atoms with Crippen LogP contribution in [0.15, 0.2) is 42.5 Å². The molecule has 0 N–H and O–H groups in total. The van der Waals surface area contributed by atoms with Crippen LogP contribution in [-0.4, -0.2) is 29.8 Å². The summed E-state index contributed by atoms with van der Waals surface area (Å²) in [5.74, 6) is 0.0798. The Balaban J connectivity index is 1.69. The summed E-state index contributed by atoms with van der Waals surface area (Å²) >= 11 is 0. The highest BCUT2D eigenvalue weighted by Crippen LogP contribution is 2.25. The number of hydrogen-bond donors (Lipinski definition) is 0. The number of aryl methyl sites for hydroxylation is 2. The third-order valence-corrected chi connectivity index (χ3v) is 5.12. The van der Waals surface area contributed by atoms with E-state index in [4.69, 9.17) is 0 Å². The van der Waals surface area contributed by atoms with Gasteiger partial charge >= 0.3 is 0 Å². The van der Waals surface area contributed by atoms with E-state index < -0.39 is 0 Å². The van der Waals surface area contributed by atoms with Crippen LogP contribution in [-0.2, 0) is 22.6 Å². The van der Waals surface area contributed by atoms with Crippen molar-refractivity contribution in [1.82, 2.24) is 4.90 Å². The van der Waals surface area contributed by atoms with E-state index in [-0.39, 0.29) is 11.8 Å². The predicted octanol–water partition coefficient (Wildman–Crippen LogP) is 3.63. The van der Waals surface area contributed by atoms with E-state index in [1.807, 2.05) is 49.1 Å². The van der Waals surface area contributed by atoms with Gasteiger partial charge in [0, 0.05) is 38.7 Å². The molecule has 0 aliphatic carbocycles. The average Bonchev–Trinajstić information content (AvgIpc) is 2.63. The fourth-order valence-corrected chi connectivity index (χ4v) is 3.73. The van der Waals surface area contributed by atoms with E-state index >= 15 is 0 Å². The Bertz CT molecular complexity index is 808. The van der Waals surface area contributed by atoms with Crippen molar-refractivity contribution in [2.45, 2.75) is 40.2 Å². The van der Waals surface area contributed by atoms with Crippen molar-refractivity contribution < 1.29 is 9.59 Å². The number of rotatable bonds is 4. The Morgan fingerprint density at radius 2 is 1.65 bits per heavy atom. The first-order valence-corrected chi connectivity index (χ1v) is 9.16. The van der Waals surface area contributed by atoms with Crippen LogP contribution in [0.3, 0.4) is 0 Å². The second kappa shape index (κ2) is 7.73. The number of para-hydroxylation sites is 1. The molecule has 4 heteroatoms. The largest absolute Gasteiger partial charge is 0.338 e. The monoisotopic (exact) mass is 350 g/mol. The molecule has 136 valence electrons. The molecule has 0 aromatic heterocycles. The van der Waals surface area contributed by atoms with Crippen molar-refractivity contribution in [3.05, 3.63) is 64.7 Å². The van der Waals surface area contributed by atoms with Gasteiger partial charge in [0.2, 0.25) is 11.8 Å². The van der Waals surface area contributed by atoms with Gasteiger partial charge in [-0.05, 0) is 42.5 Å². The Morgan fingerprint density at radius 3 is 2.31 bits per heavy atom. The quantitative estimate of drug-likeness (QED) is 0.845. The summed E-state index contributed by atoms with van der Waals surface area (Å²) in [5.41, 5.74) is 5.60. The number of fused-ring (bicyclic) bond motifs is 1. The van der Waals surface area contributed by atoms with Crippen molar-refractivity contribution in [2.75, 3.05) is 18.0 Å². The minimum Gasteiger partial charge on any atom is -0.338 e. The van der Waals surface area contributed by atoms with Crippen LogP contribution < -0.4 is 4.90 Å².